The molecule has 0 saturated carbocycles. The second-order valence-corrected chi connectivity index (χ2v) is 9.60. The molecular weight excluding hydrogens is 526 g/mol. The van der Waals surface area contributed by atoms with Crippen molar-refractivity contribution in [3.63, 3.8) is 0 Å². The largest absolute Gasteiger partial charge is 0.417 e. The van der Waals surface area contributed by atoms with Crippen LogP contribution in [0.4, 0.5) is 24.5 Å². The number of hydrogen-bond donors (Lipinski definition) is 1. The predicted octanol–water partition coefficient (Wildman–Crippen LogP) is 6.14. The van der Waals surface area contributed by atoms with Crippen LogP contribution in [-0.2, 0) is 16.2 Å². The van der Waals surface area contributed by atoms with Crippen LogP contribution >= 0.6 is 34.8 Å². The summed E-state index contributed by atoms with van der Waals surface area (Å²) in [4.78, 5) is 17.4. The molecule has 0 aliphatic carbocycles. The molecule has 0 atom stereocenters. The summed E-state index contributed by atoms with van der Waals surface area (Å²) in [5.74, 6) is -0.723. The Morgan fingerprint density at radius 1 is 1.03 bits per heavy atom. The fourth-order valence-electron chi connectivity index (χ4n) is 2.74. The molecule has 0 bridgehead atoms. The van der Waals surface area contributed by atoms with Crippen molar-refractivity contribution in [2.45, 2.75) is 11.1 Å². The van der Waals surface area contributed by atoms with Crippen molar-refractivity contribution in [1.29, 1.82) is 0 Å². The number of benzene rings is 2. The number of sulfonamides is 1. The Hall–Kier alpha value is -2.53. The van der Waals surface area contributed by atoms with E-state index in [1.54, 1.807) is 18.2 Å². The molecule has 3 aromatic rings. The molecule has 33 heavy (non-hydrogen) atoms. The highest BCUT2D eigenvalue weighted by atomic mass is 35.5. The van der Waals surface area contributed by atoms with Gasteiger partial charge in [0, 0.05) is 24.0 Å². The van der Waals surface area contributed by atoms with E-state index in [0.29, 0.717) is 16.8 Å². The number of amides is 1. The monoisotopic (exact) mass is 537 g/mol. The standard InChI is InChI=1S/C20H13Cl3F3N3O3S/c1-29(13-4-2-3-11(21)7-13)19(30)18-17(8-12(22)10-27-18)28-33(31,32)14-5-6-16(23)15(9-14)20(24,25)26/h2-10,28H,1H3. The number of nitrogens with one attached hydrogen (secondary N) is 1. The smallest absolute Gasteiger partial charge is 0.310 e. The molecular formula is C20H13Cl3F3N3O3S. The lowest BCUT2D eigenvalue weighted by Gasteiger charge is -2.19. The summed E-state index contributed by atoms with van der Waals surface area (Å²) < 4.78 is 67.2. The SMILES string of the molecule is CN(C(=O)c1ncc(Cl)cc1NS(=O)(=O)c1ccc(Cl)c(C(F)(F)F)c1)c1cccc(Cl)c1. The van der Waals surface area contributed by atoms with Gasteiger partial charge in [-0.25, -0.2) is 13.4 Å². The number of halogens is 6. The fourth-order valence-corrected chi connectivity index (χ4v) is 4.39. The summed E-state index contributed by atoms with van der Waals surface area (Å²) in [7, 11) is -3.17. The van der Waals surface area contributed by atoms with Crippen LogP contribution in [0.25, 0.3) is 0 Å². The first kappa shape index (κ1) is 25.1. The van der Waals surface area contributed by atoms with Crippen LogP contribution < -0.4 is 9.62 Å². The first-order valence-electron chi connectivity index (χ1n) is 8.88. The predicted molar refractivity (Wildman–Crippen MR) is 121 cm³/mol. The zero-order chi connectivity index (χ0) is 24.6. The molecule has 0 spiro atoms. The number of carbonyl (C=O) groups is 1. The van der Waals surface area contributed by atoms with Gasteiger partial charge in [-0.1, -0.05) is 40.9 Å². The third kappa shape index (κ3) is 5.70. The number of pyridine rings is 1. The minimum absolute atomic E-state index is 0.0123. The highest BCUT2D eigenvalue weighted by Gasteiger charge is 2.35. The number of carbonyl (C=O) groups excluding carboxylic acids is 1. The number of anilines is 2. The molecule has 0 aliphatic rings. The number of rotatable bonds is 5. The van der Waals surface area contributed by atoms with Crippen molar-refractivity contribution in [3.8, 4) is 0 Å². The third-order valence-electron chi connectivity index (χ3n) is 4.35. The van der Waals surface area contributed by atoms with E-state index in [1.807, 2.05) is 0 Å². The molecule has 0 radical (unpaired) electrons. The summed E-state index contributed by atoms with van der Waals surface area (Å²) >= 11 is 17.4. The molecule has 1 heterocycles. The number of alkyl halides is 3. The van der Waals surface area contributed by atoms with Gasteiger partial charge in [-0.2, -0.15) is 13.2 Å². The van der Waals surface area contributed by atoms with Crippen LogP contribution in [0, 0.1) is 0 Å². The summed E-state index contributed by atoms with van der Waals surface area (Å²) in [6.07, 6.45) is -3.75. The average Bonchev–Trinajstić information content (AvgIpc) is 2.72. The lowest BCUT2D eigenvalue weighted by molar-refractivity contribution is -0.137. The van der Waals surface area contributed by atoms with Crippen molar-refractivity contribution in [1.82, 2.24) is 4.98 Å². The van der Waals surface area contributed by atoms with Crippen LogP contribution in [0.3, 0.4) is 0 Å². The molecule has 0 aliphatic heterocycles. The summed E-state index contributed by atoms with van der Waals surface area (Å²) in [6, 6.07) is 9.53. The molecule has 6 nitrogen and oxygen atoms in total. The van der Waals surface area contributed by atoms with E-state index < -0.39 is 37.6 Å². The maximum Gasteiger partial charge on any atom is 0.417 e. The Morgan fingerprint density at radius 2 is 1.73 bits per heavy atom. The Balaban J connectivity index is 2.01. The second-order valence-electron chi connectivity index (χ2n) is 6.64. The Bertz CT molecular complexity index is 1330. The molecule has 0 saturated heterocycles. The van der Waals surface area contributed by atoms with Gasteiger partial charge in [0.25, 0.3) is 15.9 Å². The molecule has 3 rings (SSSR count). The summed E-state index contributed by atoms with van der Waals surface area (Å²) in [6.45, 7) is 0. The van der Waals surface area contributed by atoms with Crippen LogP contribution in [0.5, 0.6) is 0 Å². The fraction of sp³-hybridized carbons (Fsp3) is 0.100. The highest BCUT2D eigenvalue weighted by molar-refractivity contribution is 7.92. The van der Waals surface area contributed by atoms with Gasteiger partial charge in [-0.3, -0.25) is 9.52 Å². The van der Waals surface area contributed by atoms with Gasteiger partial charge in [0.2, 0.25) is 0 Å². The van der Waals surface area contributed by atoms with Crippen LogP contribution in [0.15, 0.2) is 59.6 Å². The van der Waals surface area contributed by atoms with Crippen molar-refractivity contribution in [2.75, 3.05) is 16.7 Å². The van der Waals surface area contributed by atoms with E-state index in [2.05, 4.69) is 9.71 Å². The summed E-state index contributed by atoms with van der Waals surface area (Å²) in [5.41, 5.74) is -1.60. The third-order valence-corrected chi connectivity index (χ3v) is 6.49. The molecule has 0 unspecified atom stereocenters. The van der Waals surface area contributed by atoms with E-state index in [-0.39, 0.29) is 16.4 Å². The highest BCUT2D eigenvalue weighted by Crippen LogP contribution is 2.36. The van der Waals surface area contributed by atoms with Gasteiger partial charge in [-0.15, -0.1) is 0 Å². The van der Waals surface area contributed by atoms with E-state index in [1.165, 1.54) is 18.0 Å². The summed E-state index contributed by atoms with van der Waals surface area (Å²) in [5, 5.41) is -0.313. The van der Waals surface area contributed by atoms with Crippen LogP contribution in [0.1, 0.15) is 16.1 Å². The van der Waals surface area contributed by atoms with Gasteiger partial charge in [0.1, 0.15) is 0 Å². The normalized spacial score (nSPS) is 11.8. The number of nitrogens with zero attached hydrogens (tertiary/aromatic N) is 2. The average molecular weight is 539 g/mol. The topological polar surface area (TPSA) is 79.4 Å². The second kappa shape index (κ2) is 9.38. The first-order valence-corrected chi connectivity index (χ1v) is 11.5. The lowest BCUT2D eigenvalue weighted by Crippen LogP contribution is -2.28. The van der Waals surface area contributed by atoms with E-state index in [9.17, 15) is 26.4 Å². The molecule has 0 fully saturated rings. The molecule has 13 heteroatoms. The van der Waals surface area contributed by atoms with Gasteiger partial charge in [0.05, 0.1) is 26.2 Å². The number of aromatic nitrogens is 1. The quantitative estimate of drug-likeness (QED) is 0.423. The Morgan fingerprint density at radius 3 is 2.36 bits per heavy atom. The zero-order valence-corrected chi connectivity index (χ0v) is 19.6. The van der Waals surface area contributed by atoms with Gasteiger partial charge in [-0.05, 0) is 42.5 Å². The van der Waals surface area contributed by atoms with Crippen LogP contribution in [0.2, 0.25) is 15.1 Å². The molecule has 174 valence electrons. The maximum atomic E-state index is 13.2. The maximum absolute atomic E-state index is 13.2. The minimum atomic E-state index is -4.87. The van der Waals surface area contributed by atoms with Crippen molar-refractivity contribution in [2.24, 2.45) is 0 Å². The molecule has 1 N–H and O–H groups in total. The van der Waals surface area contributed by atoms with Gasteiger partial charge < -0.3 is 4.90 Å². The minimum Gasteiger partial charge on any atom is -0.310 e. The van der Waals surface area contributed by atoms with Crippen molar-refractivity contribution < 1.29 is 26.4 Å². The Kier molecular flexibility index (Phi) is 7.13. The molecule has 1 aromatic heterocycles. The van der Waals surface area contributed by atoms with E-state index >= 15 is 0 Å². The first-order chi connectivity index (χ1) is 15.3. The van der Waals surface area contributed by atoms with Gasteiger partial charge in [0.15, 0.2) is 5.69 Å². The van der Waals surface area contributed by atoms with E-state index in [4.69, 9.17) is 34.8 Å². The van der Waals surface area contributed by atoms with Crippen molar-refractivity contribution >= 4 is 62.1 Å². The molecule has 2 aromatic carbocycles. The van der Waals surface area contributed by atoms with Gasteiger partial charge >= 0.3 is 6.18 Å². The lowest BCUT2D eigenvalue weighted by atomic mass is 10.2. The van der Waals surface area contributed by atoms with Crippen molar-refractivity contribution in [3.05, 3.63) is 81.1 Å². The van der Waals surface area contributed by atoms with Crippen LogP contribution in [-0.4, -0.2) is 26.4 Å². The number of hydrogen-bond acceptors (Lipinski definition) is 4. The Labute approximate surface area is 201 Å². The zero-order valence-electron chi connectivity index (χ0n) is 16.5. The van der Waals surface area contributed by atoms with E-state index in [0.717, 1.165) is 24.4 Å². The molecule has 1 amide bonds.